The van der Waals surface area contributed by atoms with E-state index < -0.39 is 0 Å². The maximum atomic E-state index is 9.15. The third kappa shape index (κ3) is 3.64. The van der Waals surface area contributed by atoms with Crippen LogP contribution < -0.4 is 5.32 Å². The number of rotatable bonds is 5. The topological polar surface area (TPSA) is 32.3 Å². The van der Waals surface area contributed by atoms with Gasteiger partial charge in [0.2, 0.25) is 0 Å². The molecule has 0 saturated carbocycles. The third-order valence-corrected chi connectivity index (χ3v) is 3.93. The van der Waals surface area contributed by atoms with Crippen molar-refractivity contribution < 1.29 is 5.11 Å². The van der Waals surface area contributed by atoms with E-state index in [1.54, 1.807) is 11.8 Å². The van der Waals surface area contributed by atoms with Crippen molar-refractivity contribution in [1.82, 2.24) is 5.32 Å². The van der Waals surface area contributed by atoms with Crippen LogP contribution in [0.4, 0.5) is 0 Å². The first-order chi connectivity index (χ1) is 6.77. The van der Waals surface area contributed by atoms with Gasteiger partial charge < -0.3 is 10.4 Å². The van der Waals surface area contributed by atoms with Crippen molar-refractivity contribution in [3.05, 3.63) is 12.2 Å². The molecule has 1 rings (SSSR count). The third-order valence-electron chi connectivity index (χ3n) is 2.77. The van der Waals surface area contributed by atoms with Crippen molar-refractivity contribution in [1.29, 1.82) is 0 Å². The molecule has 0 aromatic carbocycles. The van der Waals surface area contributed by atoms with Gasteiger partial charge in [0.25, 0.3) is 0 Å². The van der Waals surface area contributed by atoms with Crippen LogP contribution in [0, 0.1) is 0 Å². The van der Waals surface area contributed by atoms with Crippen molar-refractivity contribution >= 4 is 11.8 Å². The molecule has 1 aliphatic carbocycles. The van der Waals surface area contributed by atoms with E-state index in [0.29, 0.717) is 17.3 Å². The minimum absolute atomic E-state index is 0.256. The minimum atomic E-state index is 0.256. The predicted molar refractivity (Wildman–Crippen MR) is 63.8 cm³/mol. The summed E-state index contributed by atoms with van der Waals surface area (Å²) in [5.41, 5.74) is 0. The average Bonchev–Trinajstić information content (AvgIpc) is 2.21. The first-order valence-electron chi connectivity index (χ1n) is 5.34. The number of thioether (sulfide) groups is 1. The Bertz CT molecular complexity index is 180. The number of aliphatic hydroxyl groups is 1. The fourth-order valence-electron chi connectivity index (χ4n) is 1.83. The minimum Gasteiger partial charge on any atom is -0.395 e. The highest BCUT2D eigenvalue weighted by Gasteiger charge is 2.18. The molecule has 0 heterocycles. The molecule has 3 heteroatoms. The van der Waals surface area contributed by atoms with Crippen LogP contribution in [0.25, 0.3) is 0 Å². The largest absolute Gasteiger partial charge is 0.395 e. The van der Waals surface area contributed by atoms with E-state index in [-0.39, 0.29) is 6.61 Å². The molecule has 0 amide bonds. The van der Waals surface area contributed by atoms with Gasteiger partial charge in [0.15, 0.2) is 0 Å². The fourth-order valence-corrected chi connectivity index (χ4v) is 2.47. The highest BCUT2D eigenvalue weighted by molar-refractivity contribution is 7.99. The van der Waals surface area contributed by atoms with E-state index in [0.717, 1.165) is 0 Å². The molecule has 2 nitrogen and oxygen atoms in total. The lowest BCUT2D eigenvalue weighted by Crippen LogP contribution is -2.43. The second-order valence-electron chi connectivity index (χ2n) is 3.88. The van der Waals surface area contributed by atoms with Crippen LogP contribution in [-0.2, 0) is 0 Å². The first-order valence-corrected chi connectivity index (χ1v) is 6.63. The van der Waals surface area contributed by atoms with E-state index in [9.17, 15) is 0 Å². The van der Waals surface area contributed by atoms with Crippen molar-refractivity contribution in [2.24, 2.45) is 0 Å². The van der Waals surface area contributed by atoms with Crippen LogP contribution in [0.2, 0.25) is 0 Å². The zero-order chi connectivity index (χ0) is 10.4. The molecule has 82 valence electrons. The molecular weight excluding hydrogens is 194 g/mol. The van der Waals surface area contributed by atoms with Crippen molar-refractivity contribution in [3.8, 4) is 0 Å². The van der Waals surface area contributed by atoms with Crippen LogP contribution in [0.1, 0.15) is 26.2 Å². The number of allylic oxidation sites excluding steroid dienone is 1. The monoisotopic (exact) mass is 215 g/mol. The Morgan fingerprint density at radius 2 is 2.43 bits per heavy atom. The Hall–Kier alpha value is 0.0100. The van der Waals surface area contributed by atoms with Crippen LogP contribution in [0.3, 0.4) is 0 Å². The van der Waals surface area contributed by atoms with Gasteiger partial charge in [0.05, 0.1) is 6.61 Å². The first kappa shape index (κ1) is 12.1. The summed E-state index contributed by atoms with van der Waals surface area (Å²) in [5, 5.41) is 13.0. The van der Waals surface area contributed by atoms with Gasteiger partial charge in [-0.05, 0) is 32.4 Å². The number of hydrogen-bond donors (Lipinski definition) is 2. The lowest BCUT2D eigenvalue weighted by molar-refractivity contribution is 0.272. The van der Waals surface area contributed by atoms with Crippen LogP contribution >= 0.6 is 11.8 Å². The van der Waals surface area contributed by atoms with E-state index >= 15 is 0 Å². The molecule has 14 heavy (non-hydrogen) atoms. The normalized spacial score (nSPS) is 26.1. The summed E-state index contributed by atoms with van der Waals surface area (Å²) < 4.78 is 0. The second-order valence-corrected chi connectivity index (χ2v) is 4.95. The van der Waals surface area contributed by atoms with Gasteiger partial charge >= 0.3 is 0 Å². The molecule has 0 saturated heterocycles. The Balaban J connectivity index is 2.34. The van der Waals surface area contributed by atoms with Gasteiger partial charge in [-0.1, -0.05) is 12.2 Å². The highest BCUT2D eigenvalue weighted by Crippen LogP contribution is 2.15. The van der Waals surface area contributed by atoms with Gasteiger partial charge in [-0.3, -0.25) is 0 Å². The Morgan fingerprint density at radius 1 is 1.64 bits per heavy atom. The predicted octanol–water partition coefficient (Wildman–Crippen LogP) is 1.80. The molecule has 2 N–H and O–H groups in total. The summed E-state index contributed by atoms with van der Waals surface area (Å²) >= 11 is 1.73. The van der Waals surface area contributed by atoms with Gasteiger partial charge in [0, 0.05) is 17.3 Å². The lowest BCUT2D eigenvalue weighted by Gasteiger charge is -2.27. The van der Waals surface area contributed by atoms with Crippen molar-refractivity contribution in [2.75, 3.05) is 12.9 Å². The molecule has 0 fully saturated rings. The summed E-state index contributed by atoms with van der Waals surface area (Å²) in [5.74, 6) is 0. The molecule has 0 radical (unpaired) electrons. The average molecular weight is 215 g/mol. The standard InChI is InChI=1S/C11H21NOS/c1-9(11(8-13)14-2)12-10-6-4-3-5-7-10/h4,6,9-13H,3,5,7-8H2,1-2H3. The van der Waals surface area contributed by atoms with Crippen LogP contribution in [0.15, 0.2) is 12.2 Å². The molecular formula is C11H21NOS. The molecule has 0 spiro atoms. The Labute approximate surface area is 91.2 Å². The molecule has 3 atom stereocenters. The van der Waals surface area contributed by atoms with E-state index in [1.807, 2.05) is 0 Å². The van der Waals surface area contributed by atoms with E-state index in [4.69, 9.17) is 5.11 Å². The second kappa shape index (κ2) is 6.49. The number of aliphatic hydroxyl groups excluding tert-OH is 1. The van der Waals surface area contributed by atoms with Crippen LogP contribution in [-0.4, -0.2) is 35.3 Å². The van der Waals surface area contributed by atoms with E-state index in [1.165, 1.54) is 19.3 Å². The Morgan fingerprint density at radius 3 is 2.93 bits per heavy atom. The van der Waals surface area contributed by atoms with Gasteiger partial charge in [-0.15, -0.1) is 0 Å². The van der Waals surface area contributed by atoms with Gasteiger partial charge in [0.1, 0.15) is 0 Å². The highest BCUT2D eigenvalue weighted by atomic mass is 32.2. The Kier molecular flexibility index (Phi) is 5.60. The number of hydrogen-bond acceptors (Lipinski definition) is 3. The summed E-state index contributed by atoms with van der Waals surface area (Å²) in [6.07, 6.45) is 10.3. The molecule has 0 aliphatic heterocycles. The van der Waals surface area contributed by atoms with Crippen molar-refractivity contribution in [3.63, 3.8) is 0 Å². The van der Waals surface area contributed by atoms with Crippen molar-refractivity contribution in [2.45, 2.75) is 43.5 Å². The molecule has 0 bridgehead atoms. The lowest BCUT2D eigenvalue weighted by atomic mass is 10.0. The maximum Gasteiger partial charge on any atom is 0.0564 e. The SMILES string of the molecule is CSC(CO)C(C)NC1C=CCCC1. The quantitative estimate of drug-likeness (QED) is 0.686. The smallest absolute Gasteiger partial charge is 0.0564 e. The van der Waals surface area contributed by atoms with E-state index in [2.05, 4.69) is 30.6 Å². The van der Waals surface area contributed by atoms with Crippen LogP contribution in [0.5, 0.6) is 0 Å². The summed E-state index contributed by atoms with van der Waals surface area (Å²) in [6, 6.07) is 0.891. The number of nitrogens with one attached hydrogen (secondary N) is 1. The van der Waals surface area contributed by atoms with Gasteiger partial charge in [-0.2, -0.15) is 11.8 Å². The molecule has 3 unspecified atom stereocenters. The zero-order valence-corrected chi connectivity index (χ0v) is 9.89. The summed E-state index contributed by atoms with van der Waals surface area (Å²) in [4.78, 5) is 0. The summed E-state index contributed by atoms with van der Waals surface area (Å²) in [7, 11) is 0. The van der Waals surface area contributed by atoms with Gasteiger partial charge in [-0.25, -0.2) is 0 Å². The fraction of sp³-hybridized carbons (Fsp3) is 0.818. The molecule has 1 aliphatic rings. The maximum absolute atomic E-state index is 9.15. The molecule has 0 aromatic rings. The zero-order valence-electron chi connectivity index (χ0n) is 9.07. The molecule has 0 aromatic heterocycles. The summed E-state index contributed by atoms with van der Waals surface area (Å²) in [6.45, 7) is 2.41.